The maximum absolute atomic E-state index is 4.01. The van der Waals surface area contributed by atoms with Crippen molar-refractivity contribution in [2.75, 3.05) is 6.26 Å². The zero-order chi connectivity index (χ0) is 13.8. The molecular weight excluding hydrogens is 379 g/mol. The van der Waals surface area contributed by atoms with Gasteiger partial charge in [0.15, 0.2) is 0 Å². The van der Waals surface area contributed by atoms with Crippen LogP contribution in [0.1, 0.15) is 27.7 Å². The molecule has 1 aromatic heterocycles. The van der Waals surface area contributed by atoms with E-state index in [-0.39, 0.29) is 41.3 Å². The Hall–Kier alpha value is 0.0836. The SMILES string of the molecule is CC.CC.CSc1cccc(-c2ccncc2)c1.[Pr]. The molecule has 1 radical (unpaired) electrons. The molecular formula is C16H23NPrS. The third-order valence-electron chi connectivity index (χ3n) is 2.08. The van der Waals surface area contributed by atoms with Gasteiger partial charge < -0.3 is 0 Å². The molecule has 3 heteroatoms. The number of nitrogens with zero attached hydrogens (tertiary/aromatic N) is 1. The van der Waals surface area contributed by atoms with Crippen LogP contribution < -0.4 is 0 Å². The first kappa shape index (κ1) is 21.4. The van der Waals surface area contributed by atoms with E-state index in [1.807, 2.05) is 52.2 Å². The van der Waals surface area contributed by atoms with Crippen LogP contribution in [0.5, 0.6) is 0 Å². The van der Waals surface area contributed by atoms with E-state index in [0.717, 1.165) is 0 Å². The molecule has 0 atom stereocenters. The van der Waals surface area contributed by atoms with Gasteiger partial charge in [-0.3, -0.25) is 4.98 Å². The van der Waals surface area contributed by atoms with E-state index in [1.165, 1.54) is 16.0 Å². The molecule has 0 amide bonds. The van der Waals surface area contributed by atoms with Crippen LogP contribution in [0.3, 0.4) is 0 Å². The van der Waals surface area contributed by atoms with Crippen molar-refractivity contribution in [2.45, 2.75) is 32.6 Å². The molecule has 0 unspecified atom stereocenters. The van der Waals surface area contributed by atoms with Gasteiger partial charge >= 0.3 is 0 Å². The van der Waals surface area contributed by atoms with Crippen molar-refractivity contribution >= 4 is 11.8 Å². The Balaban J connectivity index is 0. The summed E-state index contributed by atoms with van der Waals surface area (Å²) in [6.07, 6.45) is 5.73. The number of pyridine rings is 1. The number of aromatic nitrogens is 1. The summed E-state index contributed by atoms with van der Waals surface area (Å²) in [5.41, 5.74) is 2.47. The van der Waals surface area contributed by atoms with E-state index in [1.54, 1.807) is 11.8 Å². The molecule has 0 N–H and O–H groups in total. The normalized spacial score (nSPS) is 8.05. The van der Waals surface area contributed by atoms with Crippen LogP contribution in [0, 0.1) is 41.3 Å². The van der Waals surface area contributed by atoms with Crippen molar-refractivity contribution < 1.29 is 41.3 Å². The predicted octanol–water partition coefficient (Wildman–Crippen LogP) is 5.52. The van der Waals surface area contributed by atoms with E-state index in [2.05, 4.69) is 35.5 Å². The molecule has 0 aliphatic rings. The second-order valence-electron chi connectivity index (χ2n) is 2.97. The Labute approximate surface area is 155 Å². The fourth-order valence-electron chi connectivity index (χ4n) is 1.35. The number of rotatable bonds is 2. The second-order valence-corrected chi connectivity index (χ2v) is 3.85. The molecule has 19 heavy (non-hydrogen) atoms. The zero-order valence-electron chi connectivity index (χ0n) is 12.6. The van der Waals surface area contributed by atoms with Gasteiger partial charge in [0.2, 0.25) is 0 Å². The van der Waals surface area contributed by atoms with E-state index in [4.69, 9.17) is 0 Å². The van der Waals surface area contributed by atoms with Crippen molar-refractivity contribution in [1.29, 1.82) is 0 Å². The van der Waals surface area contributed by atoms with Crippen molar-refractivity contribution in [3.05, 3.63) is 48.8 Å². The molecule has 1 nitrogen and oxygen atoms in total. The number of benzene rings is 1. The van der Waals surface area contributed by atoms with E-state index >= 15 is 0 Å². The van der Waals surface area contributed by atoms with Crippen LogP contribution in [0.4, 0.5) is 0 Å². The average molecular weight is 402 g/mol. The molecule has 2 rings (SSSR count). The molecule has 0 bridgehead atoms. The standard InChI is InChI=1S/C12H11NS.2C2H6.Pr/c1-14-12-4-2-3-11(9-12)10-5-7-13-8-6-10;2*1-2;/h2-9H,1H3;2*1-2H3;. The molecule has 2 aromatic rings. The molecule has 0 aliphatic carbocycles. The van der Waals surface area contributed by atoms with Crippen LogP contribution in [0.15, 0.2) is 53.7 Å². The van der Waals surface area contributed by atoms with Gasteiger partial charge in [0.05, 0.1) is 0 Å². The predicted molar refractivity (Wildman–Crippen MR) is 84.2 cm³/mol. The minimum absolute atomic E-state index is 0. The Morgan fingerprint density at radius 3 is 1.95 bits per heavy atom. The minimum atomic E-state index is 0. The third kappa shape index (κ3) is 8.07. The summed E-state index contributed by atoms with van der Waals surface area (Å²) in [4.78, 5) is 5.30. The monoisotopic (exact) mass is 402 g/mol. The largest absolute Gasteiger partial charge is 0.265 e. The van der Waals surface area contributed by atoms with E-state index in [9.17, 15) is 0 Å². The van der Waals surface area contributed by atoms with Gasteiger partial charge in [-0.15, -0.1) is 11.8 Å². The summed E-state index contributed by atoms with van der Waals surface area (Å²) in [5.74, 6) is 0. The first-order valence-corrected chi connectivity index (χ1v) is 7.67. The first-order valence-electron chi connectivity index (χ1n) is 6.44. The van der Waals surface area contributed by atoms with Crippen LogP contribution in [-0.2, 0) is 0 Å². The van der Waals surface area contributed by atoms with Crippen molar-refractivity contribution in [2.24, 2.45) is 0 Å². The van der Waals surface area contributed by atoms with Crippen LogP contribution in [0.25, 0.3) is 11.1 Å². The van der Waals surface area contributed by atoms with Gasteiger partial charge in [-0.2, -0.15) is 0 Å². The fourth-order valence-corrected chi connectivity index (χ4v) is 1.81. The summed E-state index contributed by atoms with van der Waals surface area (Å²) < 4.78 is 0. The quantitative estimate of drug-likeness (QED) is 0.614. The first-order chi connectivity index (χ1) is 8.90. The Morgan fingerprint density at radius 2 is 1.42 bits per heavy atom. The Morgan fingerprint density at radius 1 is 0.842 bits per heavy atom. The third-order valence-corrected chi connectivity index (χ3v) is 2.81. The van der Waals surface area contributed by atoms with Crippen molar-refractivity contribution in [3.63, 3.8) is 0 Å². The van der Waals surface area contributed by atoms with Crippen LogP contribution in [0.2, 0.25) is 0 Å². The second kappa shape index (κ2) is 14.5. The molecule has 0 aliphatic heterocycles. The summed E-state index contributed by atoms with van der Waals surface area (Å²) in [6.45, 7) is 8.00. The Kier molecular flexibility index (Phi) is 16.3. The maximum atomic E-state index is 4.01. The molecule has 0 spiro atoms. The summed E-state index contributed by atoms with van der Waals surface area (Å²) in [6, 6.07) is 12.6. The van der Waals surface area contributed by atoms with E-state index in [0.29, 0.717) is 0 Å². The molecule has 101 valence electrons. The number of thioether (sulfide) groups is 1. The number of hydrogen-bond acceptors (Lipinski definition) is 2. The average Bonchev–Trinajstić information content (AvgIpc) is 2.52. The zero-order valence-corrected chi connectivity index (χ0v) is 17.1. The van der Waals surface area contributed by atoms with Crippen LogP contribution in [-0.4, -0.2) is 11.2 Å². The molecule has 1 heterocycles. The van der Waals surface area contributed by atoms with Crippen molar-refractivity contribution in [3.8, 4) is 11.1 Å². The van der Waals surface area contributed by atoms with Gasteiger partial charge in [-0.1, -0.05) is 39.8 Å². The van der Waals surface area contributed by atoms with Gasteiger partial charge in [0.1, 0.15) is 0 Å². The fraction of sp³-hybridized carbons (Fsp3) is 0.312. The number of hydrogen-bond donors (Lipinski definition) is 0. The van der Waals surface area contributed by atoms with Crippen LogP contribution >= 0.6 is 11.8 Å². The van der Waals surface area contributed by atoms with Gasteiger partial charge in [-0.05, 0) is 41.6 Å². The van der Waals surface area contributed by atoms with Gasteiger partial charge in [0.25, 0.3) is 0 Å². The molecule has 0 saturated carbocycles. The molecule has 1 aromatic carbocycles. The minimum Gasteiger partial charge on any atom is -0.265 e. The Bertz CT molecular complexity index is 418. The summed E-state index contributed by atoms with van der Waals surface area (Å²) >= 11 is 1.76. The van der Waals surface area contributed by atoms with Gasteiger partial charge in [0, 0.05) is 58.6 Å². The maximum Gasteiger partial charge on any atom is 0.0273 e. The summed E-state index contributed by atoms with van der Waals surface area (Å²) in [5, 5.41) is 0. The van der Waals surface area contributed by atoms with Gasteiger partial charge in [-0.25, -0.2) is 0 Å². The molecule has 0 saturated heterocycles. The smallest absolute Gasteiger partial charge is 0.0273 e. The summed E-state index contributed by atoms with van der Waals surface area (Å²) in [7, 11) is 0. The van der Waals surface area contributed by atoms with Crippen molar-refractivity contribution in [1.82, 2.24) is 4.98 Å². The van der Waals surface area contributed by atoms with E-state index < -0.39 is 0 Å². The topological polar surface area (TPSA) is 12.9 Å². The molecule has 0 fully saturated rings.